The molecule has 1 aliphatic heterocycles. The largest absolute Gasteiger partial charge is 0.469 e. The summed E-state index contributed by atoms with van der Waals surface area (Å²) in [5.41, 5.74) is 5.50. The first kappa shape index (κ1) is 17.3. The van der Waals surface area contributed by atoms with Gasteiger partial charge in [0.25, 0.3) is 0 Å². The summed E-state index contributed by atoms with van der Waals surface area (Å²) in [6.45, 7) is 2.29. The van der Waals surface area contributed by atoms with E-state index in [4.69, 9.17) is 22.7 Å². The van der Waals surface area contributed by atoms with Gasteiger partial charge in [-0.25, -0.2) is 8.42 Å². The highest BCUT2D eigenvalue weighted by Gasteiger charge is 2.36. The Bertz CT molecular complexity index is 465. The number of ether oxygens (including phenoxy) is 2. The maximum absolute atomic E-state index is 12.4. The average Bonchev–Trinajstić information content (AvgIpc) is 2.38. The summed E-state index contributed by atoms with van der Waals surface area (Å²) >= 11 is 4.82. The summed E-state index contributed by atoms with van der Waals surface area (Å²) < 4.78 is 36.1. The molecular weight excluding hydrogens is 304 g/mol. The van der Waals surface area contributed by atoms with Gasteiger partial charge in [-0.1, -0.05) is 19.1 Å². The zero-order chi connectivity index (χ0) is 15.3. The van der Waals surface area contributed by atoms with Crippen LogP contribution < -0.4 is 5.73 Å². The van der Waals surface area contributed by atoms with E-state index in [-0.39, 0.29) is 31.1 Å². The van der Waals surface area contributed by atoms with Crippen molar-refractivity contribution in [1.82, 2.24) is 4.31 Å². The smallest absolute Gasteiger partial charge is 0.308 e. The minimum Gasteiger partial charge on any atom is -0.469 e. The molecule has 2 atom stereocenters. The van der Waals surface area contributed by atoms with E-state index in [1.165, 1.54) is 11.4 Å². The van der Waals surface area contributed by atoms with Crippen molar-refractivity contribution in [3.63, 3.8) is 0 Å². The second kappa shape index (κ2) is 7.30. The van der Waals surface area contributed by atoms with E-state index < -0.39 is 27.3 Å². The second-order valence-corrected chi connectivity index (χ2v) is 7.06. The van der Waals surface area contributed by atoms with Crippen molar-refractivity contribution in [2.24, 2.45) is 5.73 Å². The Morgan fingerprint density at radius 3 is 2.75 bits per heavy atom. The molecule has 1 heterocycles. The monoisotopic (exact) mass is 324 g/mol. The summed E-state index contributed by atoms with van der Waals surface area (Å²) in [6.07, 6.45) is -0.168. The van der Waals surface area contributed by atoms with Gasteiger partial charge in [-0.15, -0.1) is 0 Å². The summed E-state index contributed by atoms with van der Waals surface area (Å²) in [7, 11) is -2.34. The van der Waals surface area contributed by atoms with E-state index in [9.17, 15) is 13.2 Å². The number of esters is 1. The third kappa shape index (κ3) is 4.11. The zero-order valence-electron chi connectivity index (χ0n) is 11.6. The number of nitrogens with two attached hydrogens (primary N) is 1. The van der Waals surface area contributed by atoms with Crippen molar-refractivity contribution in [2.45, 2.75) is 31.1 Å². The fourth-order valence-electron chi connectivity index (χ4n) is 2.05. The Balaban J connectivity index is 2.80. The quantitative estimate of drug-likeness (QED) is 0.526. The number of rotatable bonds is 6. The SMILES string of the molecule is CCC(C(N)=S)S(=O)(=O)N1CCOC(CC(=O)OC)C1. The van der Waals surface area contributed by atoms with Crippen LogP contribution in [0.1, 0.15) is 19.8 Å². The van der Waals surface area contributed by atoms with Crippen molar-refractivity contribution < 1.29 is 22.7 Å². The molecule has 1 rings (SSSR count). The van der Waals surface area contributed by atoms with Crippen LogP contribution in [0.25, 0.3) is 0 Å². The molecule has 0 aromatic heterocycles. The normalized spacial score (nSPS) is 22.2. The van der Waals surface area contributed by atoms with Crippen molar-refractivity contribution in [2.75, 3.05) is 26.8 Å². The van der Waals surface area contributed by atoms with E-state index in [0.717, 1.165) is 0 Å². The highest BCUT2D eigenvalue weighted by molar-refractivity contribution is 7.92. The fraction of sp³-hybridized carbons (Fsp3) is 0.818. The first-order valence-corrected chi connectivity index (χ1v) is 8.20. The van der Waals surface area contributed by atoms with Crippen LogP contribution in [0.15, 0.2) is 0 Å². The molecule has 7 nitrogen and oxygen atoms in total. The molecule has 1 fully saturated rings. The van der Waals surface area contributed by atoms with Crippen LogP contribution >= 0.6 is 12.2 Å². The number of hydrogen-bond acceptors (Lipinski definition) is 6. The molecular formula is C11H20N2O5S2. The van der Waals surface area contributed by atoms with Gasteiger partial charge in [0.2, 0.25) is 10.0 Å². The molecule has 9 heteroatoms. The van der Waals surface area contributed by atoms with E-state index in [2.05, 4.69) is 4.74 Å². The highest BCUT2D eigenvalue weighted by Crippen LogP contribution is 2.18. The summed E-state index contributed by atoms with van der Waals surface area (Å²) in [5.74, 6) is -0.435. The molecule has 1 saturated heterocycles. The lowest BCUT2D eigenvalue weighted by Crippen LogP contribution is -2.51. The Morgan fingerprint density at radius 2 is 2.25 bits per heavy atom. The maximum Gasteiger partial charge on any atom is 0.308 e. The van der Waals surface area contributed by atoms with Gasteiger partial charge < -0.3 is 15.2 Å². The number of carbonyl (C=O) groups excluding carboxylic acids is 1. The molecule has 0 aromatic carbocycles. The van der Waals surface area contributed by atoms with E-state index >= 15 is 0 Å². The van der Waals surface area contributed by atoms with Crippen LogP contribution in [0.3, 0.4) is 0 Å². The van der Waals surface area contributed by atoms with Crippen molar-refractivity contribution >= 4 is 33.2 Å². The molecule has 0 amide bonds. The first-order chi connectivity index (χ1) is 9.32. The van der Waals surface area contributed by atoms with E-state index in [1.807, 2.05) is 0 Å². The predicted octanol–water partition coefficient (Wildman–Crippen LogP) is -0.355. The number of sulfonamides is 1. The minimum atomic E-state index is -3.61. The molecule has 0 aromatic rings. The highest BCUT2D eigenvalue weighted by atomic mass is 32.2. The van der Waals surface area contributed by atoms with Crippen molar-refractivity contribution in [3.05, 3.63) is 0 Å². The summed E-state index contributed by atoms with van der Waals surface area (Å²) in [6, 6.07) is 0. The second-order valence-electron chi connectivity index (χ2n) is 4.48. The van der Waals surface area contributed by atoms with Gasteiger partial charge in [-0.05, 0) is 6.42 Å². The zero-order valence-corrected chi connectivity index (χ0v) is 13.2. The Hall–Kier alpha value is -0.770. The van der Waals surface area contributed by atoms with Crippen molar-refractivity contribution in [1.29, 1.82) is 0 Å². The predicted molar refractivity (Wildman–Crippen MR) is 77.7 cm³/mol. The third-order valence-corrected chi connectivity index (χ3v) is 5.92. The van der Waals surface area contributed by atoms with Gasteiger partial charge in [0.05, 0.1) is 31.2 Å². The third-order valence-electron chi connectivity index (χ3n) is 3.13. The lowest BCUT2D eigenvalue weighted by molar-refractivity contribution is -0.145. The van der Waals surface area contributed by atoms with Crippen LogP contribution in [-0.2, 0) is 24.3 Å². The van der Waals surface area contributed by atoms with Crippen LogP contribution in [0.2, 0.25) is 0 Å². The van der Waals surface area contributed by atoms with Gasteiger partial charge in [0.1, 0.15) is 5.25 Å². The first-order valence-electron chi connectivity index (χ1n) is 6.29. The Morgan fingerprint density at radius 1 is 1.60 bits per heavy atom. The number of hydrogen-bond donors (Lipinski definition) is 1. The minimum absolute atomic E-state index is 0.0202. The molecule has 2 N–H and O–H groups in total. The van der Waals surface area contributed by atoms with Crippen molar-refractivity contribution in [3.8, 4) is 0 Å². The number of nitrogens with zero attached hydrogens (tertiary/aromatic N) is 1. The van der Waals surface area contributed by atoms with Gasteiger partial charge in [-0.3, -0.25) is 4.79 Å². The number of morpholine rings is 1. The van der Waals surface area contributed by atoms with Crippen LogP contribution in [-0.4, -0.2) is 61.8 Å². The van der Waals surface area contributed by atoms with Gasteiger partial charge in [-0.2, -0.15) is 4.31 Å². The topological polar surface area (TPSA) is 98.9 Å². The van der Waals surface area contributed by atoms with Crippen LogP contribution in [0, 0.1) is 0 Å². The molecule has 0 bridgehead atoms. The lowest BCUT2D eigenvalue weighted by atomic mass is 10.2. The molecule has 0 aliphatic carbocycles. The number of methoxy groups -OCH3 is 1. The number of carbonyl (C=O) groups is 1. The molecule has 0 saturated carbocycles. The standard InChI is InChI=1S/C11H20N2O5S2/c1-3-9(11(12)19)20(15,16)13-4-5-18-8(7-13)6-10(14)17-2/h8-9H,3-7H2,1-2H3,(H2,12,19). The molecule has 0 radical (unpaired) electrons. The van der Waals surface area contributed by atoms with Gasteiger partial charge in [0, 0.05) is 13.1 Å². The lowest BCUT2D eigenvalue weighted by Gasteiger charge is -2.33. The van der Waals surface area contributed by atoms with Crippen LogP contribution in [0.4, 0.5) is 0 Å². The van der Waals surface area contributed by atoms with Crippen LogP contribution in [0.5, 0.6) is 0 Å². The van der Waals surface area contributed by atoms with E-state index in [1.54, 1.807) is 6.92 Å². The summed E-state index contributed by atoms with van der Waals surface area (Å²) in [4.78, 5) is 11.2. The Kier molecular flexibility index (Phi) is 6.31. The molecule has 2 unspecified atom stereocenters. The average molecular weight is 324 g/mol. The molecule has 0 spiro atoms. The summed E-state index contributed by atoms with van der Waals surface area (Å²) in [5, 5.41) is -0.880. The molecule has 1 aliphatic rings. The molecule has 20 heavy (non-hydrogen) atoms. The maximum atomic E-state index is 12.4. The Labute approximate surface area is 124 Å². The fourth-order valence-corrected chi connectivity index (χ4v) is 4.36. The number of thiocarbonyl (C=S) groups is 1. The van der Waals surface area contributed by atoms with E-state index in [0.29, 0.717) is 6.42 Å². The van der Waals surface area contributed by atoms with Gasteiger partial charge in [0.15, 0.2) is 0 Å². The molecule has 116 valence electrons. The van der Waals surface area contributed by atoms with Gasteiger partial charge >= 0.3 is 5.97 Å².